The second-order valence-electron chi connectivity index (χ2n) is 6.66. The van der Waals surface area contributed by atoms with E-state index in [-0.39, 0.29) is 6.09 Å². The first-order valence-corrected chi connectivity index (χ1v) is 8.85. The lowest BCUT2D eigenvalue weighted by Crippen LogP contribution is -2.39. The number of hydrogen-bond acceptors (Lipinski definition) is 4. The van der Waals surface area contributed by atoms with E-state index < -0.39 is 11.4 Å². The van der Waals surface area contributed by atoms with Gasteiger partial charge in [-0.3, -0.25) is 0 Å². The molecule has 3 rings (SSSR count). The summed E-state index contributed by atoms with van der Waals surface area (Å²) in [5, 5.41) is 1.14. The summed E-state index contributed by atoms with van der Waals surface area (Å²) in [6.45, 7) is 6.55. The van der Waals surface area contributed by atoms with Crippen LogP contribution < -0.4 is 0 Å². The fourth-order valence-electron chi connectivity index (χ4n) is 2.45. The summed E-state index contributed by atoms with van der Waals surface area (Å²) in [4.78, 5) is 18.1. The Balaban J connectivity index is 1.78. The largest absolute Gasteiger partial charge is 0.444 e. The van der Waals surface area contributed by atoms with Crippen LogP contribution in [-0.2, 0) is 4.74 Å². The Kier molecular flexibility index (Phi) is 4.53. The number of halogens is 2. The van der Waals surface area contributed by atoms with Crippen LogP contribution in [0.2, 0.25) is 5.02 Å². The number of nitrogens with zero attached hydrogens (tertiary/aromatic N) is 2. The van der Waals surface area contributed by atoms with E-state index in [1.807, 2.05) is 26.8 Å². The molecule has 1 amide bonds. The van der Waals surface area contributed by atoms with Gasteiger partial charge < -0.3 is 9.64 Å². The van der Waals surface area contributed by atoms with Crippen LogP contribution in [0.15, 0.2) is 18.2 Å². The lowest BCUT2D eigenvalue weighted by Gasteiger charge is -2.29. The number of amides is 1. The molecule has 0 saturated carbocycles. The summed E-state index contributed by atoms with van der Waals surface area (Å²) < 4.78 is 20.0. The van der Waals surface area contributed by atoms with Gasteiger partial charge in [0.15, 0.2) is 5.82 Å². The summed E-state index contributed by atoms with van der Waals surface area (Å²) in [6, 6.07) is 2.99. The first kappa shape index (κ1) is 17.2. The smallest absolute Gasteiger partial charge is 0.410 e. The minimum Gasteiger partial charge on any atom is -0.444 e. The number of fused-ring (bicyclic) bond motifs is 1. The molecule has 1 aromatic heterocycles. The normalized spacial score (nSPS) is 15.5. The van der Waals surface area contributed by atoms with Crippen LogP contribution in [-0.4, -0.2) is 34.7 Å². The van der Waals surface area contributed by atoms with Crippen molar-refractivity contribution in [1.29, 1.82) is 0 Å². The topological polar surface area (TPSA) is 42.4 Å². The van der Waals surface area contributed by atoms with Gasteiger partial charge in [0.2, 0.25) is 0 Å². The third kappa shape index (κ3) is 3.70. The van der Waals surface area contributed by atoms with E-state index in [9.17, 15) is 9.18 Å². The zero-order valence-corrected chi connectivity index (χ0v) is 15.3. The van der Waals surface area contributed by atoms with Crippen LogP contribution in [0.3, 0.4) is 0 Å². The molecule has 1 aromatic carbocycles. The Morgan fingerprint density at radius 3 is 2.79 bits per heavy atom. The Hall–Kier alpha value is -1.66. The highest BCUT2D eigenvalue weighted by Crippen LogP contribution is 2.33. The predicted octanol–water partition coefficient (Wildman–Crippen LogP) is 5.11. The van der Waals surface area contributed by atoms with Crippen molar-refractivity contribution in [3.05, 3.63) is 34.1 Å². The minimum atomic E-state index is -0.509. The summed E-state index contributed by atoms with van der Waals surface area (Å²) in [5.41, 5.74) is 0.853. The SMILES string of the molecule is CC(C)(C)OC(=O)N1CC=C(c2nc3c(F)cc(Cl)cc3s2)CC1. The van der Waals surface area contributed by atoms with Gasteiger partial charge in [-0.15, -0.1) is 11.3 Å². The first-order valence-electron chi connectivity index (χ1n) is 7.66. The van der Waals surface area contributed by atoms with E-state index >= 15 is 0 Å². The molecule has 0 fully saturated rings. The van der Waals surface area contributed by atoms with Gasteiger partial charge in [0.25, 0.3) is 0 Å². The van der Waals surface area contributed by atoms with Crippen molar-refractivity contribution in [3.8, 4) is 0 Å². The van der Waals surface area contributed by atoms with Crippen molar-refractivity contribution in [2.75, 3.05) is 13.1 Å². The fraction of sp³-hybridized carbons (Fsp3) is 0.412. The maximum atomic E-state index is 13.9. The number of hydrogen-bond donors (Lipinski definition) is 0. The predicted molar refractivity (Wildman–Crippen MR) is 95.0 cm³/mol. The summed E-state index contributed by atoms with van der Waals surface area (Å²) in [6.07, 6.45) is 2.29. The van der Waals surface area contributed by atoms with Gasteiger partial charge in [-0.2, -0.15) is 0 Å². The molecule has 24 heavy (non-hydrogen) atoms. The van der Waals surface area contributed by atoms with E-state index in [1.54, 1.807) is 11.0 Å². The molecule has 2 heterocycles. The average Bonchev–Trinajstić information content (AvgIpc) is 2.90. The number of benzene rings is 1. The molecule has 1 aliphatic rings. The molecule has 0 radical (unpaired) electrons. The highest BCUT2D eigenvalue weighted by molar-refractivity contribution is 7.19. The van der Waals surface area contributed by atoms with Gasteiger partial charge in [-0.25, -0.2) is 14.2 Å². The lowest BCUT2D eigenvalue weighted by atomic mass is 10.1. The Morgan fingerprint density at radius 2 is 2.17 bits per heavy atom. The number of carbonyl (C=O) groups excluding carboxylic acids is 1. The van der Waals surface area contributed by atoms with Crippen LogP contribution in [0.5, 0.6) is 0 Å². The van der Waals surface area contributed by atoms with Crippen LogP contribution in [0.1, 0.15) is 32.2 Å². The molecule has 4 nitrogen and oxygen atoms in total. The van der Waals surface area contributed by atoms with Crippen LogP contribution in [0, 0.1) is 5.82 Å². The van der Waals surface area contributed by atoms with Gasteiger partial charge >= 0.3 is 6.09 Å². The van der Waals surface area contributed by atoms with Gasteiger partial charge in [-0.1, -0.05) is 17.7 Å². The maximum absolute atomic E-state index is 13.9. The molecule has 0 N–H and O–H groups in total. The molecule has 7 heteroatoms. The van der Waals surface area contributed by atoms with E-state index in [4.69, 9.17) is 16.3 Å². The molecule has 0 unspecified atom stereocenters. The highest BCUT2D eigenvalue weighted by Gasteiger charge is 2.24. The van der Waals surface area contributed by atoms with Crippen molar-refractivity contribution in [2.24, 2.45) is 0 Å². The quantitative estimate of drug-likeness (QED) is 0.702. The van der Waals surface area contributed by atoms with Gasteiger partial charge in [0, 0.05) is 18.1 Å². The monoisotopic (exact) mass is 368 g/mol. The molecule has 1 aliphatic heterocycles. The van der Waals surface area contributed by atoms with E-state index in [0.29, 0.717) is 30.0 Å². The molecule has 2 aromatic rings. The van der Waals surface area contributed by atoms with Crippen molar-refractivity contribution in [3.63, 3.8) is 0 Å². The number of rotatable bonds is 1. The summed E-state index contributed by atoms with van der Waals surface area (Å²) >= 11 is 7.31. The number of aromatic nitrogens is 1. The Morgan fingerprint density at radius 1 is 1.42 bits per heavy atom. The Labute approximate surface area is 148 Å². The number of ether oxygens (including phenoxy) is 1. The Bertz CT molecular complexity index is 826. The lowest BCUT2D eigenvalue weighted by molar-refractivity contribution is 0.0270. The number of thiazole rings is 1. The summed E-state index contributed by atoms with van der Waals surface area (Å²) in [7, 11) is 0. The van der Waals surface area contributed by atoms with Gasteiger partial charge in [0.1, 0.15) is 16.1 Å². The van der Waals surface area contributed by atoms with Crippen molar-refractivity contribution in [2.45, 2.75) is 32.8 Å². The van der Waals surface area contributed by atoms with E-state index in [1.165, 1.54) is 17.4 Å². The maximum Gasteiger partial charge on any atom is 0.410 e. The molecule has 0 spiro atoms. The molecule has 128 valence electrons. The van der Waals surface area contributed by atoms with Crippen LogP contribution in [0.25, 0.3) is 15.8 Å². The van der Waals surface area contributed by atoms with Gasteiger partial charge in [-0.05, 0) is 44.9 Å². The minimum absolute atomic E-state index is 0.320. The van der Waals surface area contributed by atoms with Crippen molar-refractivity contribution < 1.29 is 13.9 Å². The second-order valence-corrected chi connectivity index (χ2v) is 8.13. The van der Waals surface area contributed by atoms with Crippen molar-refractivity contribution in [1.82, 2.24) is 9.88 Å². The van der Waals surface area contributed by atoms with Gasteiger partial charge in [0.05, 0.1) is 4.70 Å². The number of carbonyl (C=O) groups is 1. The van der Waals surface area contributed by atoms with Crippen LogP contribution in [0.4, 0.5) is 9.18 Å². The molecular formula is C17H18ClFN2O2S. The molecule has 0 saturated heterocycles. The second kappa shape index (κ2) is 6.33. The molecular weight excluding hydrogens is 351 g/mol. The fourth-order valence-corrected chi connectivity index (χ4v) is 3.81. The molecule has 0 atom stereocenters. The standard InChI is InChI=1S/C17H18ClFN2O2S/c1-17(2,3)23-16(22)21-6-4-10(5-7-21)15-20-14-12(19)8-11(18)9-13(14)24-15/h4,8-9H,5-7H2,1-3H3. The third-order valence-electron chi connectivity index (χ3n) is 3.55. The van der Waals surface area contributed by atoms with Crippen LogP contribution >= 0.6 is 22.9 Å². The molecule has 0 aliphatic carbocycles. The average molecular weight is 369 g/mol. The highest BCUT2D eigenvalue weighted by atomic mass is 35.5. The van der Waals surface area contributed by atoms with E-state index in [2.05, 4.69) is 4.98 Å². The van der Waals surface area contributed by atoms with E-state index in [0.717, 1.165) is 15.3 Å². The molecule has 0 bridgehead atoms. The van der Waals surface area contributed by atoms with Crippen molar-refractivity contribution >= 4 is 44.8 Å². The zero-order chi connectivity index (χ0) is 17.5. The third-order valence-corrected chi connectivity index (χ3v) is 4.84. The summed E-state index contributed by atoms with van der Waals surface area (Å²) in [5.74, 6) is -0.410. The zero-order valence-electron chi connectivity index (χ0n) is 13.7. The first-order chi connectivity index (χ1) is 11.2.